The number of carbonyl (C=O) groups excluding carboxylic acids is 3. The molecule has 1 amide bonds. The van der Waals surface area contributed by atoms with Crippen molar-refractivity contribution in [3.8, 4) is 5.75 Å². The predicted octanol–water partition coefficient (Wildman–Crippen LogP) is 3.32. The van der Waals surface area contributed by atoms with Crippen LogP contribution in [-0.2, 0) is 27.4 Å². The Morgan fingerprint density at radius 3 is 2.31 bits per heavy atom. The van der Waals surface area contributed by atoms with Crippen molar-refractivity contribution in [3.05, 3.63) is 65.2 Å². The van der Waals surface area contributed by atoms with Crippen molar-refractivity contribution < 1.29 is 23.9 Å². The second kappa shape index (κ2) is 10.4. The molecule has 0 aliphatic carbocycles. The molecule has 2 aromatic carbocycles. The standard InChI is InChI=1S/C23H27NO5/c1-15(2)22(24-21(26)12-17-8-6-5-7-9-17)23(27)29-14-19-13-18(16(3)25)10-11-20(19)28-4/h5-11,13,15,22H,12,14H2,1-4H3,(H,24,26)/t22-/m0/s1. The lowest BCUT2D eigenvalue weighted by molar-refractivity contribution is -0.150. The molecule has 6 heteroatoms. The highest BCUT2D eigenvalue weighted by Crippen LogP contribution is 2.21. The summed E-state index contributed by atoms with van der Waals surface area (Å²) < 4.78 is 10.7. The molecule has 0 heterocycles. The minimum atomic E-state index is -0.770. The Morgan fingerprint density at radius 2 is 1.72 bits per heavy atom. The first-order chi connectivity index (χ1) is 13.8. The van der Waals surface area contributed by atoms with Crippen LogP contribution in [0.15, 0.2) is 48.5 Å². The molecule has 2 aromatic rings. The zero-order valence-corrected chi connectivity index (χ0v) is 17.2. The predicted molar refractivity (Wildman–Crippen MR) is 110 cm³/mol. The van der Waals surface area contributed by atoms with E-state index in [-0.39, 0.29) is 30.6 Å². The van der Waals surface area contributed by atoms with Gasteiger partial charge in [0.15, 0.2) is 5.78 Å². The number of ketones is 1. The molecular formula is C23H27NO5. The van der Waals surface area contributed by atoms with E-state index in [9.17, 15) is 14.4 Å². The zero-order valence-electron chi connectivity index (χ0n) is 17.2. The second-order valence-corrected chi connectivity index (χ2v) is 7.14. The summed E-state index contributed by atoms with van der Waals surface area (Å²) in [4.78, 5) is 36.6. The van der Waals surface area contributed by atoms with Crippen molar-refractivity contribution in [2.24, 2.45) is 5.92 Å². The smallest absolute Gasteiger partial charge is 0.329 e. The van der Waals surface area contributed by atoms with Crippen LogP contribution in [0.1, 0.15) is 42.3 Å². The van der Waals surface area contributed by atoms with Gasteiger partial charge in [-0.3, -0.25) is 9.59 Å². The topological polar surface area (TPSA) is 81.7 Å². The van der Waals surface area contributed by atoms with Gasteiger partial charge in [0.25, 0.3) is 0 Å². The number of methoxy groups -OCH3 is 1. The Kier molecular flexibility index (Phi) is 7.95. The molecule has 0 saturated carbocycles. The maximum atomic E-state index is 12.6. The molecule has 0 unspecified atom stereocenters. The molecule has 6 nitrogen and oxygen atoms in total. The quantitative estimate of drug-likeness (QED) is 0.518. The van der Waals surface area contributed by atoms with Gasteiger partial charge in [-0.2, -0.15) is 0 Å². The normalized spacial score (nSPS) is 11.6. The van der Waals surface area contributed by atoms with E-state index in [2.05, 4.69) is 5.32 Å². The summed E-state index contributed by atoms with van der Waals surface area (Å²) in [6, 6.07) is 13.5. The number of benzene rings is 2. The molecule has 1 N–H and O–H groups in total. The molecule has 0 aliphatic heterocycles. The Hall–Kier alpha value is -3.15. The van der Waals surface area contributed by atoms with Gasteiger partial charge in [0.2, 0.25) is 5.91 Å². The van der Waals surface area contributed by atoms with Gasteiger partial charge < -0.3 is 14.8 Å². The van der Waals surface area contributed by atoms with Gasteiger partial charge in [0.1, 0.15) is 18.4 Å². The van der Waals surface area contributed by atoms with Gasteiger partial charge in [-0.15, -0.1) is 0 Å². The zero-order chi connectivity index (χ0) is 21.4. The van der Waals surface area contributed by atoms with Crippen molar-refractivity contribution in [2.75, 3.05) is 7.11 Å². The lowest BCUT2D eigenvalue weighted by Gasteiger charge is -2.21. The van der Waals surface area contributed by atoms with Gasteiger partial charge in [-0.1, -0.05) is 44.2 Å². The van der Waals surface area contributed by atoms with Crippen LogP contribution in [0.2, 0.25) is 0 Å². The number of amides is 1. The second-order valence-electron chi connectivity index (χ2n) is 7.14. The van der Waals surface area contributed by atoms with Crippen LogP contribution in [0.5, 0.6) is 5.75 Å². The molecule has 0 bridgehead atoms. The van der Waals surface area contributed by atoms with E-state index in [4.69, 9.17) is 9.47 Å². The summed E-state index contributed by atoms with van der Waals surface area (Å²) in [7, 11) is 1.51. The van der Waals surface area contributed by atoms with Crippen molar-refractivity contribution in [2.45, 2.75) is 39.8 Å². The first kappa shape index (κ1) is 22.1. The van der Waals surface area contributed by atoms with E-state index in [0.29, 0.717) is 16.9 Å². The summed E-state index contributed by atoms with van der Waals surface area (Å²) in [6.07, 6.45) is 0.186. The van der Waals surface area contributed by atoms with E-state index < -0.39 is 12.0 Å². The van der Waals surface area contributed by atoms with Crippen LogP contribution >= 0.6 is 0 Å². The van der Waals surface area contributed by atoms with Gasteiger partial charge >= 0.3 is 5.97 Å². The minimum Gasteiger partial charge on any atom is -0.496 e. The third-order valence-corrected chi connectivity index (χ3v) is 4.50. The summed E-state index contributed by atoms with van der Waals surface area (Å²) in [6.45, 7) is 5.09. The molecule has 0 aromatic heterocycles. The first-order valence-corrected chi connectivity index (χ1v) is 9.49. The van der Waals surface area contributed by atoms with Crippen LogP contribution in [0.25, 0.3) is 0 Å². The number of esters is 1. The highest BCUT2D eigenvalue weighted by atomic mass is 16.5. The van der Waals surface area contributed by atoms with Gasteiger partial charge in [-0.05, 0) is 36.6 Å². The number of nitrogens with one attached hydrogen (secondary N) is 1. The lowest BCUT2D eigenvalue weighted by Crippen LogP contribution is -2.45. The fraction of sp³-hybridized carbons (Fsp3) is 0.348. The molecular weight excluding hydrogens is 370 g/mol. The molecule has 0 saturated heterocycles. The molecule has 0 radical (unpaired) electrons. The fourth-order valence-corrected chi connectivity index (χ4v) is 2.85. The van der Waals surface area contributed by atoms with Crippen LogP contribution in [-0.4, -0.2) is 30.8 Å². The number of Topliss-reactive ketones (excluding diaryl/α,β-unsaturated/α-hetero) is 1. The summed E-state index contributed by atoms with van der Waals surface area (Å²) in [5, 5.41) is 2.76. The van der Waals surface area contributed by atoms with Crippen molar-refractivity contribution in [1.82, 2.24) is 5.32 Å². The van der Waals surface area contributed by atoms with E-state index in [0.717, 1.165) is 5.56 Å². The number of hydrogen-bond donors (Lipinski definition) is 1. The average molecular weight is 397 g/mol. The Morgan fingerprint density at radius 1 is 1.03 bits per heavy atom. The Labute approximate surface area is 171 Å². The van der Waals surface area contributed by atoms with Crippen LogP contribution < -0.4 is 10.1 Å². The number of carbonyl (C=O) groups is 3. The van der Waals surface area contributed by atoms with Crippen molar-refractivity contribution in [3.63, 3.8) is 0 Å². The lowest BCUT2D eigenvalue weighted by atomic mass is 10.0. The maximum Gasteiger partial charge on any atom is 0.329 e. The molecule has 0 aliphatic rings. The minimum absolute atomic E-state index is 0.0547. The fourth-order valence-electron chi connectivity index (χ4n) is 2.85. The maximum absolute atomic E-state index is 12.6. The van der Waals surface area contributed by atoms with Crippen LogP contribution in [0.4, 0.5) is 0 Å². The molecule has 0 fully saturated rings. The van der Waals surface area contributed by atoms with Gasteiger partial charge in [0.05, 0.1) is 13.5 Å². The SMILES string of the molecule is COc1ccc(C(C)=O)cc1COC(=O)[C@@H](NC(=O)Cc1ccccc1)C(C)C. The summed E-state index contributed by atoms with van der Waals surface area (Å²) in [5.74, 6) is -0.488. The van der Waals surface area contributed by atoms with Crippen molar-refractivity contribution in [1.29, 1.82) is 0 Å². The summed E-state index contributed by atoms with van der Waals surface area (Å²) in [5.41, 5.74) is 1.96. The van der Waals surface area contributed by atoms with Gasteiger partial charge in [-0.25, -0.2) is 4.79 Å². The number of rotatable bonds is 9. The molecule has 154 valence electrons. The average Bonchev–Trinajstić information content (AvgIpc) is 2.70. The molecule has 1 atom stereocenters. The first-order valence-electron chi connectivity index (χ1n) is 9.49. The summed E-state index contributed by atoms with van der Waals surface area (Å²) >= 11 is 0. The highest BCUT2D eigenvalue weighted by molar-refractivity contribution is 5.94. The van der Waals surface area contributed by atoms with Gasteiger partial charge in [0, 0.05) is 11.1 Å². The molecule has 0 spiro atoms. The number of hydrogen-bond acceptors (Lipinski definition) is 5. The Balaban J connectivity index is 2.03. The molecule has 29 heavy (non-hydrogen) atoms. The van der Waals surface area contributed by atoms with Crippen LogP contribution in [0, 0.1) is 5.92 Å². The largest absolute Gasteiger partial charge is 0.496 e. The number of ether oxygens (including phenoxy) is 2. The van der Waals surface area contributed by atoms with E-state index in [1.807, 2.05) is 44.2 Å². The van der Waals surface area contributed by atoms with E-state index in [1.54, 1.807) is 18.2 Å². The third kappa shape index (κ3) is 6.45. The Bertz CT molecular complexity index is 861. The van der Waals surface area contributed by atoms with Crippen molar-refractivity contribution >= 4 is 17.7 Å². The highest BCUT2D eigenvalue weighted by Gasteiger charge is 2.26. The van der Waals surface area contributed by atoms with Crippen LogP contribution in [0.3, 0.4) is 0 Å². The molecule has 2 rings (SSSR count). The van der Waals surface area contributed by atoms with E-state index in [1.165, 1.54) is 14.0 Å². The van der Waals surface area contributed by atoms with E-state index >= 15 is 0 Å². The third-order valence-electron chi connectivity index (χ3n) is 4.50. The monoisotopic (exact) mass is 397 g/mol.